The number of hydrogen-bond acceptors (Lipinski definition) is 5. The second kappa shape index (κ2) is 12.1. The first-order valence-electron chi connectivity index (χ1n) is 8.42. The van der Waals surface area contributed by atoms with Crippen LogP contribution in [0.5, 0.6) is 5.88 Å². The number of ether oxygens (including phenoxy) is 2. The van der Waals surface area contributed by atoms with E-state index in [2.05, 4.69) is 20.9 Å². The van der Waals surface area contributed by atoms with E-state index in [0.717, 1.165) is 12.0 Å². The van der Waals surface area contributed by atoms with Crippen LogP contribution in [-0.2, 0) is 16.1 Å². The Morgan fingerprint density at radius 3 is 2.68 bits per heavy atom. The van der Waals surface area contributed by atoms with Crippen LogP contribution in [0.2, 0.25) is 0 Å². The third-order valence-corrected chi connectivity index (χ3v) is 3.45. The summed E-state index contributed by atoms with van der Waals surface area (Å²) in [5.41, 5.74) is 0.851. The van der Waals surface area contributed by atoms with E-state index in [-0.39, 0.29) is 24.4 Å². The van der Waals surface area contributed by atoms with Gasteiger partial charge in [0.05, 0.1) is 6.61 Å². The molecule has 0 bridgehead atoms. The number of urea groups is 1. The molecular formula is C17H28N4O4. The molecular weight excluding hydrogens is 324 g/mol. The monoisotopic (exact) mass is 352 g/mol. The Bertz CT molecular complexity index is 522. The zero-order valence-corrected chi connectivity index (χ0v) is 15.1. The normalized spacial score (nSPS) is 11.5. The molecule has 140 valence electrons. The van der Waals surface area contributed by atoms with Gasteiger partial charge in [-0.05, 0) is 18.9 Å². The third kappa shape index (κ3) is 9.51. The van der Waals surface area contributed by atoms with Crippen LogP contribution in [-0.4, -0.2) is 49.8 Å². The van der Waals surface area contributed by atoms with Crippen LogP contribution in [0.25, 0.3) is 0 Å². The lowest BCUT2D eigenvalue weighted by atomic mass is 10.2. The van der Waals surface area contributed by atoms with E-state index in [1.165, 1.54) is 0 Å². The van der Waals surface area contributed by atoms with Crippen LogP contribution >= 0.6 is 0 Å². The highest BCUT2D eigenvalue weighted by atomic mass is 16.5. The van der Waals surface area contributed by atoms with Crippen LogP contribution in [0.1, 0.15) is 32.3 Å². The molecule has 1 aromatic heterocycles. The first-order chi connectivity index (χ1) is 12.0. The fourth-order valence-electron chi connectivity index (χ4n) is 1.81. The second-order valence-electron chi connectivity index (χ2n) is 5.58. The maximum absolute atomic E-state index is 11.7. The first-order valence-corrected chi connectivity index (χ1v) is 8.42. The van der Waals surface area contributed by atoms with Gasteiger partial charge in [0.25, 0.3) is 0 Å². The summed E-state index contributed by atoms with van der Waals surface area (Å²) in [5.74, 6) is 0.445. The van der Waals surface area contributed by atoms with Gasteiger partial charge in [0.2, 0.25) is 11.8 Å². The standard InChI is InChI=1S/C17H28N4O4/c1-4-13(2)21-15(22)7-8-18-17(23)20-12-14-5-6-16(19-11-14)25-10-9-24-3/h5-6,11,13H,4,7-10,12H2,1-3H3,(H,21,22)(H2,18,20,23)/t13-/m1/s1. The molecule has 1 atom stereocenters. The molecule has 0 unspecified atom stereocenters. The number of nitrogens with one attached hydrogen (secondary N) is 3. The van der Waals surface area contributed by atoms with Crippen LogP contribution < -0.4 is 20.7 Å². The van der Waals surface area contributed by atoms with Crippen molar-refractivity contribution in [1.29, 1.82) is 0 Å². The molecule has 1 aromatic rings. The average Bonchev–Trinajstić information content (AvgIpc) is 2.61. The molecule has 8 nitrogen and oxygen atoms in total. The highest BCUT2D eigenvalue weighted by Crippen LogP contribution is 2.07. The summed E-state index contributed by atoms with van der Waals surface area (Å²) in [4.78, 5) is 27.4. The minimum absolute atomic E-state index is 0.0667. The smallest absolute Gasteiger partial charge is 0.315 e. The van der Waals surface area contributed by atoms with Crippen molar-refractivity contribution in [2.75, 3.05) is 26.9 Å². The van der Waals surface area contributed by atoms with E-state index in [1.807, 2.05) is 19.9 Å². The predicted molar refractivity (Wildman–Crippen MR) is 94.4 cm³/mol. The minimum Gasteiger partial charge on any atom is -0.475 e. The summed E-state index contributed by atoms with van der Waals surface area (Å²) in [6, 6.07) is 3.39. The van der Waals surface area contributed by atoms with Gasteiger partial charge in [-0.3, -0.25) is 4.79 Å². The lowest BCUT2D eigenvalue weighted by Gasteiger charge is -2.12. The number of amides is 3. The van der Waals surface area contributed by atoms with Crippen LogP contribution in [0.15, 0.2) is 18.3 Å². The molecule has 3 N–H and O–H groups in total. The molecule has 0 saturated heterocycles. The Morgan fingerprint density at radius 1 is 1.24 bits per heavy atom. The number of pyridine rings is 1. The van der Waals surface area contributed by atoms with E-state index >= 15 is 0 Å². The van der Waals surface area contributed by atoms with E-state index in [1.54, 1.807) is 19.4 Å². The Morgan fingerprint density at radius 2 is 2.04 bits per heavy atom. The van der Waals surface area contributed by atoms with Crippen LogP contribution in [0.4, 0.5) is 4.79 Å². The van der Waals surface area contributed by atoms with Crippen molar-refractivity contribution in [3.05, 3.63) is 23.9 Å². The summed E-state index contributed by atoms with van der Waals surface area (Å²) in [6.45, 7) is 5.52. The second-order valence-corrected chi connectivity index (χ2v) is 5.58. The maximum Gasteiger partial charge on any atom is 0.315 e. The van der Waals surface area contributed by atoms with Gasteiger partial charge in [0, 0.05) is 44.9 Å². The van der Waals surface area contributed by atoms with E-state index in [0.29, 0.717) is 32.2 Å². The van der Waals surface area contributed by atoms with Crippen LogP contribution in [0, 0.1) is 0 Å². The molecule has 3 amide bonds. The molecule has 8 heteroatoms. The summed E-state index contributed by atoms with van der Waals surface area (Å²) in [7, 11) is 1.61. The van der Waals surface area contributed by atoms with Crippen molar-refractivity contribution in [2.24, 2.45) is 0 Å². The van der Waals surface area contributed by atoms with E-state index in [9.17, 15) is 9.59 Å². The fourth-order valence-corrected chi connectivity index (χ4v) is 1.81. The predicted octanol–water partition coefficient (Wildman–Crippen LogP) is 1.21. The maximum atomic E-state index is 11.7. The van der Waals surface area contributed by atoms with Gasteiger partial charge in [-0.2, -0.15) is 0 Å². The van der Waals surface area contributed by atoms with E-state index in [4.69, 9.17) is 9.47 Å². The Balaban J connectivity index is 2.20. The molecule has 0 aliphatic heterocycles. The fraction of sp³-hybridized carbons (Fsp3) is 0.588. The number of aromatic nitrogens is 1. The van der Waals surface area contributed by atoms with Gasteiger partial charge in [0.1, 0.15) is 6.61 Å². The van der Waals surface area contributed by atoms with Crippen LogP contribution in [0.3, 0.4) is 0 Å². The van der Waals surface area contributed by atoms with Crippen molar-refractivity contribution >= 4 is 11.9 Å². The lowest BCUT2D eigenvalue weighted by Crippen LogP contribution is -2.38. The van der Waals surface area contributed by atoms with Gasteiger partial charge in [0.15, 0.2) is 0 Å². The van der Waals surface area contributed by atoms with Crippen molar-refractivity contribution < 1.29 is 19.1 Å². The highest BCUT2D eigenvalue weighted by Gasteiger charge is 2.06. The van der Waals surface area contributed by atoms with Crippen molar-refractivity contribution in [3.63, 3.8) is 0 Å². The van der Waals surface area contributed by atoms with Gasteiger partial charge < -0.3 is 25.4 Å². The molecule has 0 aliphatic carbocycles. The zero-order valence-electron chi connectivity index (χ0n) is 15.1. The molecule has 25 heavy (non-hydrogen) atoms. The largest absolute Gasteiger partial charge is 0.475 e. The number of methoxy groups -OCH3 is 1. The molecule has 0 saturated carbocycles. The molecule has 0 aromatic carbocycles. The average molecular weight is 352 g/mol. The topological polar surface area (TPSA) is 102 Å². The summed E-state index contributed by atoms with van der Waals surface area (Å²) in [6.07, 6.45) is 2.78. The lowest BCUT2D eigenvalue weighted by molar-refractivity contribution is -0.121. The number of hydrogen-bond donors (Lipinski definition) is 3. The summed E-state index contributed by atoms with van der Waals surface area (Å²) in [5, 5.41) is 8.21. The quantitative estimate of drug-likeness (QED) is 0.520. The molecule has 0 spiro atoms. The SMILES string of the molecule is CC[C@@H](C)NC(=O)CCNC(=O)NCc1ccc(OCCOC)nc1. The zero-order chi connectivity index (χ0) is 18.5. The third-order valence-electron chi connectivity index (χ3n) is 3.45. The highest BCUT2D eigenvalue weighted by molar-refractivity contribution is 5.78. The van der Waals surface area contributed by atoms with E-state index < -0.39 is 0 Å². The summed E-state index contributed by atoms with van der Waals surface area (Å²) < 4.78 is 10.3. The Hall–Kier alpha value is -2.35. The number of rotatable bonds is 11. The number of carbonyl (C=O) groups is 2. The summed E-state index contributed by atoms with van der Waals surface area (Å²) >= 11 is 0. The Labute approximate surface area is 148 Å². The molecule has 0 fully saturated rings. The van der Waals surface area contributed by atoms with Crippen molar-refractivity contribution in [3.8, 4) is 5.88 Å². The van der Waals surface area contributed by atoms with Gasteiger partial charge in [-0.15, -0.1) is 0 Å². The van der Waals surface area contributed by atoms with Gasteiger partial charge in [-0.1, -0.05) is 13.0 Å². The molecule has 0 radical (unpaired) electrons. The number of nitrogens with zero attached hydrogens (tertiary/aromatic N) is 1. The van der Waals surface area contributed by atoms with Gasteiger partial charge >= 0.3 is 6.03 Å². The number of carbonyl (C=O) groups excluding carboxylic acids is 2. The van der Waals surface area contributed by atoms with Gasteiger partial charge in [-0.25, -0.2) is 9.78 Å². The first kappa shape index (κ1) is 20.7. The molecule has 1 rings (SSSR count). The molecule has 0 aliphatic rings. The van der Waals surface area contributed by atoms with Crippen molar-refractivity contribution in [1.82, 2.24) is 20.9 Å². The minimum atomic E-state index is -0.322. The Kier molecular flexibility index (Phi) is 10.00. The molecule has 1 heterocycles. The van der Waals surface area contributed by atoms with Crippen molar-refractivity contribution in [2.45, 2.75) is 39.3 Å².